The molecule has 15 nitrogen and oxygen atoms in total. The Morgan fingerprint density at radius 2 is 1.17 bits per heavy atom. The Kier molecular flexibility index (Phi) is 14.7. The van der Waals surface area contributed by atoms with Crippen molar-refractivity contribution in [2.24, 2.45) is 11.5 Å². The number of carboxylic acid groups (broad SMARTS) is 3. The number of primary amides is 1. The number of hydrogen-bond acceptors (Lipinski definition) is 9. The van der Waals surface area contributed by atoms with E-state index in [9.17, 15) is 38.7 Å². The molecule has 0 aliphatic rings. The molecule has 0 aromatic carbocycles. The van der Waals surface area contributed by atoms with Crippen molar-refractivity contribution in [2.45, 2.75) is 62.7 Å². The quantitative estimate of drug-likeness (QED) is 0.0909. The number of carbonyl (C=O) groups is 7. The third-order valence-electron chi connectivity index (χ3n) is 4.54. The third-order valence-corrected chi connectivity index (χ3v) is 5.19. The number of aliphatic carboxylic acids is 3. The fraction of sp³-hybridized carbons (Fsp3) is 0.632. The highest BCUT2D eigenvalue weighted by atomic mass is 32.2. The van der Waals surface area contributed by atoms with Crippen LogP contribution in [0.3, 0.4) is 0 Å². The summed E-state index contributed by atoms with van der Waals surface area (Å²) in [6.07, 6.45) is -0.705. The van der Waals surface area contributed by atoms with Crippen molar-refractivity contribution < 1.29 is 48.9 Å². The summed E-state index contributed by atoms with van der Waals surface area (Å²) in [4.78, 5) is 82.0. The van der Waals surface area contributed by atoms with Gasteiger partial charge in [-0.15, -0.1) is 0 Å². The average molecular weight is 522 g/mol. The van der Waals surface area contributed by atoms with E-state index < -0.39 is 97.8 Å². The first-order valence-corrected chi connectivity index (χ1v) is 11.8. The number of nitrogens with one attached hydrogen (secondary N) is 3. The highest BCUT2D eigenvalue weighted by molar-refractivity contribution is 7.98. The van der Waals surface area contributed by atoms with Crippen LogP contribution in [0.15, 0.2) is 0 Å². The second-order valence-electron chi connectivity index (χ2n) is 7.44. The minimum Gasteiger partial charge on any atom is -0.481 e. The Bertz CT molecular complexity index is 809. The second-order valence-corrected chi connectivity index (χ2v) is 8.43. The SMILES string of the molecule is CSCCC(NC(=O)C(CCC(=O)O)NC(=O)C(CCC(=O)O)NC(=O)C(N)CC(N)=O)C(=O)O. The van der Waals surface area contributed by atoms with E-state index in [0.717, 1.165) is 0 Å². The first-order valence-electron chi connectivity index (χ1n) is 10.4. The van der Waals surface area contributed by atoms with Crippen LogP contribution in [0.1, 0.15) is 38.5 Å². The summed E-state index contributed by atoms with van der Waals surface area (Å²) >= 11 is 1.34. The maximum atomic E-state index is 12.8. The number of nitrogens with two attached hydrogens (primary N) is 2. The molecule has 0 aromatic heterocycles. The Balaban J connectivity index is 5.61. The number of carboxylic acids is 3. The van der Waals surface area contributed by atoms with E-state index in [1.165, 1.54) is 11.8 Å². The summed E-state index contributed by atoms with van der Waals surface area (Å²) in [6, 6.07) is -5.73. The van der Waals surface area contributed by atoms with Gasteiger partial charge in [0.05, 0.1) is 12.5 Å². The molecule has 0 fully saturated rings. The summed E-state index contributed by atoms with van der Waals surface area (Å²) in [6.45, 7) is 0. The van der Waals surface area contributed by atoms with Gasteiger partial charge in [-0.2, -0.15) is 11.8 Å². The molecule has 10 N–H and O–H groups in total. The summed E-state index contributed by atoms with van der Waals surface area (Å²) in [7, 11) is 0. The molecular formula is C19H31N5O10S. The van der Waals surface area contributed by atoms with Gasteiger partial charge in [-0.05, 0) is 31.3 Å². The van der Waals surface area contributed by atoms with Crippen molar-refractivity contribution in [1.29, 1.82) is 0 Å². The molecule has 16 heteroatoms. The lowest BCUT2D eigenvalue weighted by atomic mass is 10.1. The Hall–Kier alpha value is -3.40. The first kappa shape index (κ1) is 31.6. The van der Waals surface area contributed by atoms with Gasteiger partial charge in [0.1, 0.15) is 18.1 Å². The molecular weight excluding hydrogens is 490 g/mol. The first-order chi connectivity index (χ1) is 16.3. The smallest absolute Gasteiger partial charge is 0.326 e. The van der Waals surface area contributed by atoms with E-state index in [2.05, 4.69) is 16.0 Å². The molecule has 0 radical (unpaired) electrons. The molecule has 35 heavy (non-hydrogen) atoms. The van der Waals surface area contributed by atoms with Gasteiger partial charge >= 0.3 is 17.9 Å². The summed E-state index contributed by atoms with van der Waals surface area (Å²) in [5, 5.41) is 33.8. The minimum absolute atomic E-state index is 0.0664. The van der Waals surface area contributed by atoms with Gasteiger partial charge in [0.2, 0.25) is 23.6 Å². The molecule has 0 aromatic rings. The van der Waals surface area contributed by atoms with Crippen LogP contribution in [0.4, 0.5) is 0 Å². The Morgan fingerprint density at radius 3 is 1.54 bits per heavy atom. The standard InChI is InChI=1S/C19H31N5O10S/c1-35-7-6-12(19(33)34)24-18(32)11(3-5-15(28)29)23-17(31)10(2-4-14(26)27)22-16(30)9(20)8-13(21)25/h9-12H,2-8,20H2,1H3,(H2,21,25)(H,22,30)(H,23,31)(H,24,32)(H,26,27)(H,28,29)(H,33,34). The third kappa shape index (κ3) is 13.8. The Labute approximate surface area is 204 Å². The number of amides is 4. The molecule has 0 saturated carbocycles. The van der Waals surface area contributed by atoms with Crippen molar-refractivity contribution in [3.8, 4) is 0 Å². The molecule has 4 atom stereocenters. The normalized spacial score (nSPS) is 14.0. The molecule has 0 aliphatic carbocycles. The summed E-state index contributed by atoms with van der Waals surface area (Å²) in [5.74, 6) is -7.39. The fourth-order valence-electron chi connectivity index (χ4n) is 2.70. The average Bonchev–Trinajstić information content (AvgIpc) is 2.75. The fourth-order valence-corrected chi connectivity index (χ4v) is 3.17. The van der Waals surface area contributed by atoms with Crippen LogP contribution in [-0.2, 0) is 33.6 Å². The highest BCUT2D eigenvalue weighted by Gasteiger charge is 2.31. The maximum absolute atomic E-state index is 12.8. The lowest BCUT2D eigenvalue weighted by molar-refractivity contribution is -0.143. The van der Waals surface area contributed by atoms with Crippen LogP contribution in [0.25, 0.3) is 0 Å². The van der Waals surface area contributed by atoms with E-state index in [1.807, 2.05) is 0 Å². The second kappa shape index (κ2) is 16.3. The van der Waals surface area contributed by atoms with E-state index in [0.29, 0.717) is 5.75 Å². The summed E-state index contributed by atoms with van der Waals surface area (Å²) < 4.78 is 0. The zero-order valence-electron chi connectivity index (χ0n) is 19.0. The maximum Gasteiger partial charge on any atom is 0.326 e. The molecule has 4 amide bonds. The lowest BCUT2D eigenvalue weighted by Gasteiger charge is -2.24. The predicted octanol–water partition coefficient (Wildman–Crippen LogP) is -2.79. The van der Waals surface area contributed by atoms with Crippen LogP contribution in [0, 0.1) is 0 Å². The van der Waals surface area contributed by atoms with Gasteiger partial charge in [-0.25, -0.2) is 4.79 Å². The number of rotatable bonds is 18. The van der Waals surface area contributed by atoms with Crippen LogP contribution in [-0.4, -0.2) is 93.0 Å². The Morgan fingerprint density at radius 1 is 0.743 bits per heavy atom. The highest BCUT2D eigenvalue weighted by Crippen LogP contribution is 2.06. The largest absolute Gasteiger partial charge is 0.481 e. The topological polar surface area (TPSA) is 268 Å². The molecule has 4 unspecified atom stereocenters. The molecule has 198 valence electrons. The number of carbonyl (C=O) groups excluding carboxylic acids is 4. The van der Waals surface area contributed by atoms with Crippen LogP contribution >= 0.6 is 11.8 Å². The zero-order chi connectivity index (χ0) is 27.1. The molecule has 0 spiro atoms. The minimum atomic E-state index is -1.51. The van der Waals surface area contributed by atoms with Gasteiger partial charge in [0, 0.05) is 12.8 Å². The van der Waals surface area contributed by atoms with E-state index in [4.69, 9.17) is 21.7 Å². The monoisotopic (exact) mass is 521 g/mol. The van der Waals surface area contributed by atoms with Crippen LogP contribution in [0.2, 0.25) is 0 Å². The molecule has 0 aliphatic heterocycles. The number of hydrogen-bond donors (Lipinski definition) is 8. The molecule has 0 saturated heterocycles. The van der Waals surface area contributed by atoms with Gasteiger partial charge < -0.3 is 42.7 Å². The molecule has 0 rings (SSSR count). The zero-order valence-corrected chi connectivity index (χ0v) is 19.8. The summed E-state index contributed by atoms with van der Waals surface area (Å²) in [5.41, 5.74) is 10.5. The van der Waals surface area contributed by atoms with E-state index >= 15 is 0 Å². The number of thioether (sulfide) groups is 1. The van der Waals surface area contributed by atoms with Crippen molar-refractivity contribution in [1.82, 2.24) is 16.0 Å². The van der Waals surface area contributed by atoms with Gasteiger partial charge in [-0.1, -0.05) is 0 Å². The van der Waals surface area contributed by atoms with Crippen molar-refractivity contribution in [3.05, 3.63) is 0 Å². The lowest BCUT2D eigenvalue weighted by Crippen LogP contribution is -2.57. The molecule has 0 heterocycles. The van der Waals surface area contributed by atoms with Crippen molar-refractivity contribution in [3.63, 3.8) is 0 Å². The van der Waals surface area contributed by atoms with Crippen molar-refractivity contribution in [2.75, 3.05) is 12.0 Å². The van der Waals surface area contributed by atoms with E-state index in [-0.39, 0.29) is 6.42 Å². The van der Waals surface area contributed by atoms with Gasteiger partial charge in [0.15, 0.2) is 0 Å². The molecule has 0 bridgehead atoms. The van der Waals surface area contributed by atoms with Crippen LogP contribution < -0.4 is 27.4 Å². The van der Waals surface area contributed by atoms with Gasteiger partial charge in [-0.3, -0.25) is 28.8 Å². The predicted molar refractivity (Wildman–Crippen MR) is 122 cm³/mol. The van der Waals surface area contributed by atoms with Gasteiger partial charge in [0.25, 0.3) is 0 Å². The van der Waals surface area contributed by atoms with E-state index in [1.54, 1.807) is 6.26 Å². The van der Waals surface area contributed by atoms with Crippen LogP contribution in [0.5, 0.6) is 0 Å². The van der Waals surface area contributed by atoms with Crippen molar-refractivity contribution >= 4 is 53.3 Å².